The van der Waals surface area contributed by atoms with Crippen LogP contribution in [0.5, 0.6) is 0 Å². The molecule has 3 nitrogen and oxygen atoms in total. The van der Waals surface area contributed by atoms with Crippen LogP contribution in [0.4, 0.5) is 17.6 Å². The lowest BCUT2D eigenvalue weighted by atomic mass is 10.0. The van der Waals surface area contributed by atoms with Crippen molar-refractivity contribution in [1.29, 1.82) is 0 Å². The van der Waals surface area contributed by atoms with Crippen LogP contribution in [0.1, 0.15) is 24.1 Å². The van der Waals surface area contributed by atoms with Crippen molar-refractivity contribution in [1.82, 2.24) is 4.90 Å². The van der Waals surface area contributed by atoms with Crippen molar-refractivity contribution >= 4 is 0 Å². The van der Waals surface area contributed by atoms with Gasteiger partial charge < -0.3 is 10.5 Å². The van der Waals surface area contributed by atoms with Crippen molar-refractivity contribution < 1.29 is 22.3 Å². The number of nitrogens with zero attached hydrogens (tertiary/aromatic N) is 1. The lowest BCUT2D eigenvalue weighted by Crippen LogP contribution is -2.33. The van der Waals surface area contributed by atoms with Gasteiger partial charge in [-0.3, -0.25) is 4.90 Å². The Labute approximate surface area is 121 Å². The van der Waals surface area contributed by atoms with E-state index < -0.39 is 23.6 Å². The molecule has 1 atom stereocenters. The topological polar surface area (TPSA) is 38.5 Å². The van der Waals surface area contributed by atoms with Gasteiger partial charge in [0.1, 0.15) is 5.82 Å². The predicted octanol–water partition coefficient (Wildman–Crippen LogP) is 2.81. The summed E-state index contributed by atoms with van der Waals surface area (Å²) in [6.07, 6.45) is -4.72. The summed E-state index contributed by atoms with van der Waals surface area (Å²) in [5.74, 6) is -1.28. The molecule has 0 spiro atoms. The van der Waals surface area contributed by atoms with Gasteiger partial charge >= 0.3 is 6.18 Å². The van der Waals surface area contributed by atoms with Crippen LogP contribution in [0.2, 0.25) is 0 Å². The minimum Gasteiger partial charge on any atom is -0.380 e. The van der Waals surface area contributed by atoms with Crippen LogP contribution in [0.3, 0.4) is 0 Å². The molecular formula is C14H20F4N2O. The van der Waals surface area contributed by atoms with E-state index in [1.165, 1.54) is 6.07 Å². The first-order chi connectivity index (χ1) is 9.81. The maximum atomic E-state index is 13.3. The molecular weight excluding hydrogens is 288 g/mol. The Morgan fingerprint density at radius 3 is 2.52 bits per heavy atom. The first-order valence-corrected chi connectivity index (χ1v) is 6.66. The van der Waals surface area contributed by atoms with Crippen LogP contribution < -0.4 is 5.73 Å². The smallest absolute Gasteiger partial charge is 0.380 e. The van der Waals surface area contributed by atoms with E-state index in [0.717, 1.165) is 12.1 Å². The summed E-state index contributed by atoms with van der Waals surface area (Å²) in [6.45, 7) is 3.53. The molecule has 0 aliphatic rings. The summed E-state index contributed by atoms with van der Waals surface area (Å²) in [4.78, 5) is 1.79. The first-order valence-electron chi connectivity index (χ1n) is 6.66. The Bertz CT molecular complexity index is 451. The van der Waals surface area contributed by atoms with E-state index in [4.69, 9.17) is 10.5 Å². The van der Waals surface area contributed by atoms with Gasteiger partial charge in [0.05, 0.1) is 12.2 Å². The highest BCUT2D eigenvalue weighted by molar-refractivity contribution is 5.29. The average molecular weight is 308 g/mol. The second-order valence-electron chi connectivity index (χ2n) is 4.67. The fraction of sp³-hybridized carbons (Fsp3) is 0.571. The largest absolute Gasteiger partial charge is 0.419 e. The van der Waals surface area contributed by atoms with Gasteiger partial charge in [-0.15, -0.1) is 0 Å². The van der Waals surface area contributed by atoms with Gasteiger partial charge in [0, 0.05) is 25.7 Å². The zero-order chi connectivity index (χ0) is 16.0. The lowest BCUT2D eigenvalue weighted by Gasteiger charge is -2.27. The Balaban J connectivity index is 2.95. The average Bonchev–Trinajstić information content (AvgIpc) is 2.40. The van der Waals surface area contributed by atoms with Crippen LogP contribution in [-0.4, -0.2) is 38.3 Å². The van der Waals surface area contributed by atoms with Crippen LogP contribution in [0.15, 0.2) is 18.2 Å². The van der Waals surface area contributed by atoms with Crippen molar-refractivity contribution in [3.8, 4) is 0 Å². The highest BCUT2D eigenvalue weighted by atomic mass is 19.4. The highest BCUT2D eigenvalue weighted by Crippen LogP contribution is 2.33. The molecule has 0 aliphatic carbocycles. The molecule has 1 aromatic carbocycles. The number of nitrogens with two attached hydrogens (primary N) is 1. The Morgan fingerprint density at radius 1 is 1.33 bits per heavy atom. The molecule has 0 fully saturated rings. The van der Waals surface area contributed by atoms with Crippen molar-refractivity contribution in [2.24, 2.45) is 5.73 Å². The predicted molar refractivity (Wildman–Crippen MR) is 72.3 cm³/mol. The fourth-order valence-corrected chi connectivity index (χ4v) is 2.05. The molecule has 0 heterocycles. The Kier molecular flexibility index (Phi) is 6.57. The van der Waals surface area contributed by atoms with E-state index in [0.29, 0.717) is 25.3 Å². The zero-order valence-electron chi connectivity index (χ0n) is 12.1. The first kappa shape index (κ1) is 17.9. The van der Waals surface area contributed by atoms with E-state index in [9.17, 15) is 17.6 Å². The third-order valence-electron chi connectivity index (χ3n) is 3.23. The van der Waals surface area contributed by atoms with Crippen LogP contribution in [0, 0.1) is 5.82 Å². The number of hydrogen-bond acceptors (Lipinski definition) is 3. The molecule has 7 heteroatoms. The molecule has 0 radical (unpaired) electrons. The molecule has 1 rings (SSSR count). The highest BCUT2D eigenvalue weighted by Gasteiger charge is 2.34. The van der Waals surface area contributed by atoms with E-state index in [1.807, 2.05) is 6.92 Å². The van der Waals surface area contributed by atoms with E-state index in [1.54, 1.807) is 11.9 Å². The van der Waals surface area contributed by atoms with Crippen LogP contribution in [-0.2, 0) is 10.9 Å². The monoisotopic (exact) mass is 308 g/mol. The number of likely N-dealkylation sites (N-methyl/N-ethyl adjacent to an activating group) is 1. The SMILES string of the molecule is CCOCCN(C)C(CN)c1ccc(F)c(C(F)(F)F)c1. The van der Waals surface area contributed by atoms with Crippen molar-refractivity contribution in [3.63, 3.8) is 0 Å². The number of halogens is 4. The van der Waals surface area contributed by atoms with Gasteiger partial charge in [-0.2, -0.15) is 13.2 Å². The van der Waals surface area contributed by atoms with Gasteiger partial charge in [0.15, 0.2) is 0 Å². The van der Waals surface area contributed by atoms with Gasteiger partial charge in [0.2, 0.25) is 0 Å². The third-order valence-corrected chi connectivity index (χ3v) is 3.23. The molecule has 0 saturated carbocycles. The summed E-state index contributed by atoms with van der Waals surface area (Å²) >= 11 is 0. The summed E-state index contributed by atoms with van der Waals surface area (Å²) in [6, 6.07) is 2.56. The van der Waals surface area contributed by atoms with Crippen molar-refractivity contribution in [3.05, 3.63) is 35.1 Å². The van der Waals surface area contributed by atoms with Crippen LogP contribution in [0.25, 0.3) is 0 Å². The molecule has 1 aromatic rings. The number of benzene rings is 1. The second kappa shape index (κ2) is 7.72. The van der Waals surface area contributed by atoms with Crippen LogP contribution >= 0.6 is 0 Å². The van der Waals surface area contributed by atoms with Gasteiger partial charge in [-0.25, -0.2) is 4.39 Å². The Hall–Kier alpha value is -1.18. The summed E-state index contributed by atoms with van der Waals surface area (Å²) in [7, 11) is 1.74. The molecule has 2 N–H and O–H groups in total. The maximum absolute atomic E-state index is 13.3. The van der Waals surface area contributed by atoms with Gasteiger partial charge in [0.25, 0.3) is 0 Å². The minimum absolute atomic E-state index is 0.131. The fourth-order valence-electron chi connectivity index (χ4n) is 2.05. The number of hydrogen-bond donors (Lipinski definition) is 1. The standard InChI is InChI=1S/C14H20F4N2O/c1-3-21-7-6-20(2)13(9-19)10-4-5-12(15)11(8-10)14(16,17)18/h4-5,8,13H,3,6-7,9,19H2,1-2H3. The maximum Gasteiger partial charge on any atom is 0.419 e. The summed E-state index contributed by atoms with van der Waals surface area (Å²) < 4.78 is 56.7. The molecule has 120 valence electrons. The zero-order valence-corrected chi connectivity index (χ0v) is 12.1. The quantitative estimate of drug-likeness (QED) is 0.622. The molecule has 1 unspecified atom stereocenters. The van der Waals surface area contributed by atoms with Gasteiger partial charge in [-0.05, 0) is 31.7 Å². The number of rotatable bonds is 7. The third kappa shape index (κ3) is 4.94. The van der Waals surface area contributed by atoms with E-state index in [-0.39, 0.29) is 6.54 Å². The lowest BCUT2D eigenvalue weighted by molar-refractivity contribution is -0.140. The van der Waals surface area contributed by atoms with Crippen molar-refractivity contribution in [2.45, 2.75) is 19.1 Å². The molecule has 0 saturated heterocycles. The van der Waals surface area contributed by atoms with Gasteiger partial charge in [-0.1, -0.05) is 6.07 Å². The molecule has 0 aromatic heterocycles. The molecule has 0 aliphatic heterocycles. The molecule has 0 amide bonds. The normalized spacial score (nSPS) is 13.7. The Morgan fingerprint density at radius 2 is 2.00 bits per heavy atom. The van der Waals surface area contributed by atoms with E-state index in [2.05, 4.69) is 0 Å². The number of alkyl halides is 3. The summed E-state index contributed by atoms with van der Waals surface area (Å²) in [5.41, 5.74) is 4.72. The number of ether oxygens (including phenoxy) is 1. The molecule has 21 heavy (non-hydrogen) atoms. The molecule has 0 bridgehead atoms. The minimum atomic E-state index is -4.72. The van der Waals surface area contributed by atoms with Crippen molar-refractivity contribution in [2.75, 3.05) is 33.4 Å². The summed E-state index contributed by atoms with van der Waals surface area (Å²) in [5, 5.41) is 0. The second-order valence-corrected chi connectivity index (χ2v) is 4.67. The van der Waals surface area contributed by atoms with E-state index >= 15 is 0 Å².